The third-order valence-corrected chi connectivity index (χ3v) is 5.82. The Balaban J connectivity index is 1.56. The summed E-state index contributed by atoms with van der Waals surface area (Å²) in [5.74, 6) is -1.68. The van der Waals surface area contributed by atoms with E-state index in [9.17, 15) is 13.9 Å². The Morgan fingerprint density at radius 1 is 1.07 bits per heavy atom. The van der Waals surface area contributed by atoms with Crippen molar-refractivity contribution in [1.29, 1.82) is 0 Å². The van der Waals surface area contributed by atoms with Crippen LogP contribution in [0.4, 0.5) is 8.78 Å². The molecular formula is C24H29F2N3O. The second-order valence-corrected chi connectivity index (χ2v) is 8.98. The van der Waals surface area contributed by atoms with Crippen molar-refractivity contribution in [2.24, 2.45) is 0 Å². The fraction of sp³-hybridized carbons (Fsp3) is 0.458. The van der Waals surface area contributed by atoms with Crippen molar-refractivity contribution in [3.05, 3.63) is 59.9 Å². The van der Waals surface area contributed by atoms with Gasteiger partial charge in [-0.3, -0.25) is 9.30 Å². The number of nitrogens with zero attached hydrogens (tertiary/aromatic N) is 3. The van der Waals surface area contributed by atoms with E-state index in [0.717, 1.165) is 29.0 Å². The molecule has 0 spiro atoms. The van der Waals surface area contributed by atoms with Crippen molar-refractivity contribution in [3.63, 3.8) is 0 Å². The average molecular weight is 414 g/mol. The molecule has 2 aromatic heterocycles. The number of fused-ring (bicyclic) bond motifs is 1. The molecule has 0 bridgehead atoms. The van der Waals surface area contributed by atoms with Crippen LogP contribution in [0.25, 0.3) is 16.9 Å². The van der Waals surface area contributed by atoms with Gasteiger partial charge in [0, 0.05) is 44.2 Å². The van der Waals surface area contributed by atoms with Crippen molar-refractivity contribution < 1.29 is 13.9 Å². The van der Waals surface area contributed by atoms with Crippen molar-refractivity contribution in [3.8, 4) is 11.4 Å². The zero-order valence-electron chi connectivity index (χ0n) is 17.6. The Labute approximate surface area is 176 Å². The molecule has 6 heteroatoms. The van der Waals surface area contributed by atoms with Crippen molar-refractivity contribution in [2.75, 3.05) is 13.1 Å². The number of aromatic nitrogens is 2. The summed E-state index contributed by atoms with van der Waals surface area (Å²) in [4.78, 5) is 6.96. The third kappa shape index (κ3) is 4.87. The molecule has 1 aliphatic rings. The molecule has 160 valence electrons. The average Bonchev–Trinajstić information content (AvgIpc) is 3.06. The molecule has 1 aromatic carbocycles. The van der Waals surface area contributed by atoms with E-state index in [1.54, 1.807) is 0 Å². The first-order valence-corrected chi connectivity index (χ1v) is 10.6. The normalized spacial score (nSPS) is 17.5. The van der Waals surface area contributed by atoms with Gasteiger partial charge in [0.15, 0.2) is 0 Å². The monoisotopic (exact) mass is 413 g/mol. The minimum Gasteiger partial charge on any atom is -0.390 e. The number of piperidine rings is 1. The molecule has 1 aliphatic heterocycles. The maximum atomic E-state index is 13.5. The summed E-state index contributed by atoms with van der Waals surface area (Å²) in [6.45, 7) is 5.01. The first kappa shape index (κ1) is 20.9. The largest absolute Gasteiger partial charge is 0.390 e. The predicted molar refractivity (Wildman–Crippen MR) is 115 cm³/mol. The summed E-state index contributed by atoms with van der Waals surface area (Å²) in [6, 6.07) is 14.3. The summed E-state index contributed by atoms with van der Waals surface area (Å²) in [6.07, 6.45) is 3.35. The summed E-state index contributed by atoms with van der Waals surface area (Å²) in [5.41, 5.74) is 3.44. The molecule has 0 unspecified atom stereocenters. The van der Waals surface area contributed by atoms with Crippen LogP contribution in [0.5, 0.6) is 0 Å². The van der Waals surface area contributed by atoms with Gasteiger partial charge in [0.05, 0.1) is 16.8 Å². The van der Waals surface area contributed by atoms with E-state index in [1.807, 2.05) is 38.2 Å². The third-order valence-electron chi connectivity index (χ3n) is 5.82. The molecule has 0 aliphatic carbocycles. The minimum atomic E-state index is -2.54. The van der Waals surface area contributed by atoms with Gasteiger partial charge in [0.1, 0.15) is 5.82 Å². The summed E-state index contributed by atoms with van der Waals surface area (Å²) < 4.78 is 29.0. The predicted octanol–water partition coefficient (Wildman–Crippen LogP) is 4.94. The fourth-order valence-electron chi connectivity index (χ4n) is 3.94. The molecule has 0 saturated carbocycles. The highest BCUT2D eigenvalue weighted by atomic mass is 19.3. The van der Waals surface area contributed by atoms with Crippen LogP contribution in [0, 0.1) is 0 Å². The number of likely N-dealkylation sites (tertiary alicyclic amines) is 1. The number of benzene rings is 1. The van der Waals surface area contributed by atoms with Gasteiger partial charge in [-0.1, -0.05) is 30.3 Å². The Kier molecular flexibility index (Phi) is 5.64. The quantitative estimate of drug-likeness (QED) is 0.623. The SMILES string of the molecule is CC(C)(O)CCc1ccc(-c2nc(CN3CCC(F)(F)CC3)c3ccccn23)cc1. The first-order chi connectivity index (χ1) is 14.2. The molecule has 0 amide bonds. The molecule has 3 heterocycles. The lowest BCUT2D eigenvalue weighted by atomic mass is 9.98. The fourth-order valence-corrected chi connectivity index (χ4v) is 3.94. The van der Waals surface area contributed by atoms with Crippen molar-refractivity contribution in [1.82, 2.24) is 14.3 Å². The summed E-state index contributed by atoms with van der Waals surface area (Å²) >= 11 is 0. The number of aliphatic hydroxyl groups is 1. The topological polar surface area (TPSA) is 40.8 Å². The van der Waals surface area contributed by atoms with Gasteiger partial charge in [-0.05, 0) is 44.4 Å². The minimum absolute atomic E-state index is 0.0856. The van der Waals surface area contributed by atoms with Crippen LogP contribution >= 0.6 is 0 Å². The molecule has 0 atom stereocenters. The van der Waals surface area contributed by atoms with Crippen molar-refractivity contribution >= 4 is 5.52 Å². The highest BCUT2D eigenvalue weighted by Gasteiger charge is 2.34. The number of pyridine rings is 1. The van der Waals surface area contributed by atoms with Gasteiger partial charge in [0.25, 0.3) is 5.92 Å². The van der Waals surface area contributed by atoms with E-state index < -0.39 is 11.5 Å². The molecule has 3 aromatic rings. The Morgan fingerprint density at radius 3 is 2.43 bits per heavy atom. The van der Waals surface area contributed by atoms with Crippen LogP contribution < -0.4 is 0 Å². The van der Waals surface area contributed by atoms with Crippen LogP contribution in [-0.2, 0) is 13.0 Å². The van der Waals surface area contributed by atoms with Crippen LogP contribution in [0.3, 0.4) is 0 Å². The Hall–Kier alpha value is -2.31. The van der Waals surface area contributed by atoms with E-state index in [4.69, 9.17) is 4.98 Å². The molecule has 0 radical (unpaired) electrons. The number of imidazole rings is 1. The molecule has 30 heavy (non-hydrogen) atoms. The molecular weight excluding hydrogens is 384 g/mol. The highest BCUT2D eigenvalue weighted by Crippen LogP contribution is 2.30. The first-order valence-electron chi connectivity index (χ1n) is 10.6. The zero-order chi connectivity index (χ0) is 21.4. The number of alkyl halides is 2. The lowest BCUT2D eigenvalue weighted by molar-refractivity contribution is -0.0567. The number of aryl methyl sites for hydroxylation is 1. The number of rotatable bonds is 6. The van der Waals surface area contributed by atoms with E-state index in [1.165, 1.54) is 5.56 Å². The number of hydrogen-bond acceptors (Lipinski definition) is 3. The smallest absolute Gasteiger partial charge is 0.250 e. The van der Waals surface area contributed by atoms with Gasteiger partial charge in [-0.15, -0.1) is 0 Å². The highest BCUT2D eigenvalue weighted by molar-refractivity contribution is 5.65. The molecule has 1 N–H and O–H groups in total. The maximum absolute atomic E-state index is 13.5. The Morgan fingerprint density at radius 2 is 1.77 bits per heavy atom. The van der Waals surface area contributed by atoms with E-state index in [0.29, 0.717) is 26.1 Å². The van der Waals surface area contributed by atoms with Crippen LogP contribution in [0.1, 0.15) is 44.4 Å². The molecule has 4 nitrogen and oxygen atoms in total. The van der Waals surface area contributed by atoms with Crippen molar-refractivity contribution in [2.45, 2.75) is 57.6 Å². The number of hydrogen-bond donors (Lipinski definition) is 1. The van der Waals surface area contributed by atoms with Gasteiger partial charge in [0.2, 0.25) is 0 Å². The van der Waals surface area contributed by atoms with Crippen LogP contribution in [-0.4, -0.2) is 44.0 Å². The van der Waals surface area contributed by atoms with Gasteiger partial charge >= 0.3 is 0 Å². The number of halogens is 2. The van der Waals surface area contributed by atoms with Gasteiger partial charge in [-0.2, -0.15) is 0 Å². The van der Waals surface area contributed by atoms with E-state index in [2.05, 4.69) is 33.6 Å². The molecule has 1 fully saturated rings. The second kappa shape index (κ2) is 8.08. The van der Waals surface area contributed by atoms with Gasteiger partial charge in [-0.25, -0.2) is 13.8 Å². The maximum Gasteiger partial charge on any atom is 0.250 e. The zero-order valence-corrected chi connectivity index (χ0v) is 17.6. The molecule has 4 rings (SSSR count). The van der Waals surface area contributed by atoms with E-state index >= 15 is 0 Å². The summed E-state index contributed by atoms with van der Waals surface area (Å²) in [7, 11) is 0. The lowest BCUT2D eigenvalue weighted by Gasteiger charge is -2.31. The van der Waals surface area contributed by atoms with Crippen LogP contribution in [0.15, 0.2) is 48.7 Å². The van der Waals surface area contributed by atoms with Gasteiger partial charge < -0.3 is 5.11 Å². The molecule has 1 saturated heterocycles. The standard InChI is InChI=1S/C24H29F2N3O/c1-23(2,30)11-10-18-6-8-19(9-7-18)22-27-20(21-5-3-4-14-29(21)22)17-28-15-12-24(25,26)13-16-28/h3-9,14,30H,10-13,15-17H2,1-2H3. The van der Waals surface area contributed by atoms with E-state index in [-0.39, 0.29) is 12.8 Å². The lowest BCUT2D eigenvalue weighted by Crippen LogP contribution is -2.38. The van der Waals surface area contributed by atoms with Crippen LogP contribution in [0.2, 0.25) is 0 Å². The second-order valence-electron chi connectivity index (χ2n) is 8.98. The Bertz CT molecular complexity index is 995. The summed E-state index contributed by atoms with van der Waals surface area (Å²) in [5, 5.41) is 9.94.